The van der Waals surface area contributed by atoms with Crippen LogP contribution in [-0.4, -0.2) is 0 Å². The molecule has 1 atom stereocenters. The first-order chi connectivity index (χ1) is 9.38. The van der Waals surface area contributed by atoms with Crippen molar-refractivity contribution in [3.05, 3.63) is 67.9 Å². The molecule has 2 rings (SSSR count). The average Bonchev–Trinajstić information content (AvgIpc) is 2.38. The molecule has 0 aliphatic rings. The summed E-state index contributed by atoms with van der Waals surface area (Å²) in [5.41, 5.74) is 6.27. The normalized spacial score (nSPS) is 12.5. The molecule has 0 bridgehead atoms. The van der Waals surface area contributed by atoms with Crippen LogP contribution in [0.3, 0.4) is 0 Å². The maximum atomic E-state index is 13.9. The Morgan fingerprint density at radius 2 is 1.75 bits per heavy atom. The van der Waals surface area contributed by atoms with Crippen LogP contribution in [-0.2, 0) is 6.42 Å². The van der Waals surface area contributed by atoms with Gasteiger partial charge in [0.15, 0.2) is 0 Å². The van der Waals surface area contributed by atoms with E-state index >= 15 is 0 Å². The molecule has 0 heterocycles. The van der Waals surface area contributed by atoms with E-state index in [1.54, 1.807) is 6.07 Å². The van der Waals surface area contributed by atoms with Gasteiger partial charge in [-0.15, -0.1) is 0 Å². The molecule has 0 saturated carbocycles. The minimum Gasteiger partial charge on any atom is -0.324 e. The SMILES string of the molecule is NC(Cc1c(F)ccc(Br)c1F)c1cc(F)cc(Br)c1. The second-order valence-corrected chi connectivity index (χ2v) is 6.11. The Bertz CT molecular complexity index is 626. The van der Waals surface area contributed by atoms with E-state index in [9.17, 15) is 13.2 Å². The van der Waals surface area contributed by atoms with Gasteiger partial charge < -0.3 is 5.73 Å². The first-order valence-electron chi connectivity index (χ1n) is 5.72. The lowest BCUT2D eigenvalue weighted by molar-refractivity contribution is 0.535. The van der Waals surface area contributed by atoms with Crippen molar-refractivity contribution in [2.75, 3.05) is 0 Å². The Hall–Kier alpha value is -0.850. The second-order valence-electron chi connectivity index (χ2n) is 4.34. The summed E-state index contributed by atoms with van der Waals surface area (Å²) in [6.45, 7) is 0. The highest BCUT2D eigenvalue weighted by Crippen LogP contribution is 2.27. The molecule has 0 fully saturated rings. The van der Waals surface area contributed by atoms with Gasteiger partial charge in [0.1, 0.15) is 17.5 Å². The lowest BCUT2D eigenvalue weighted by atomic mass is 9.99. The van der Waals surface area contributed by atoms with Gasteiger partial charge in [-0.05, 0) is 58.2 Å². The van der Waals surface area contributed by atoms with Crippen molar-refractivity contribution in [1.82, 2.24) is 0 Å². The van der Waals surface area contributed by atoms with Gasteiger partial charge >= 0.3 is 0 Å². The van der Waals surface area contributed by atoms with E-state index < -0.39 is 23.5 Å². The third kappa shape index (κ3) is 3.42. The van der Waals surface area contributed by atoms with Crippen molar-refractivity contribution in [3.63, 3.8) is 0 Å². The maximum Gasteiger partial charge on any atom is 0.143 e. The third-order valence-electron chi connectivity index (χ3n) is 2.88. The van der Waals surface area contributed by atoms with Gasteiger partial charge in [-0.2, -0.15) is 0 Å². The Morgan fingerprint density at radius 1 is 1.05 bits per heavy atom. The van der Waals surface area contributed by atoms with Gasteiger partial charge in [-0.3, -0.25) is 0 Å². The number of hydrogen-bond donors (Lipinski definition) is 1. The number of hydrogen-bond acceptors (Lipinski definition) is 1. The Balaban J connectivity index is 2.32. The molecule has 0 aliphatic heterocycles. The van der Waals surface area contributed by atoms with Crippen molar-refractivity contribution < 1.29 is 13.2 Å². The van der Waals surface area contributed by atoms with Crippen LogP contribution < -0.4 is 5.73 Å². The Kier molecular flexibility index (Phi) is 4.88. The fourth-order valence-corrected chi connectivity index (χ4v) is 2.74. The predicted molar refractivity (Wildman–Crippen MR) is 78.8 cm³/mol. The van der Waals surface area contributed by atoms with Gasteiger partial charge in [0.05, 0.1) is 4.47 Å². The van der Waals surface area contributed by atoms with Gasteiger partial charge in [0.2, 0.25) is 0 Å². The third-order valence-corrected chi connectivity index (χ3v) is 3.95. The molecule has 2 aromatic rings. The van der Waals surface area contributed by atoms with Crippen LogP contribution in [0.15, 0.2) is 39.3 Å². The highest BCUT2D eigenvalue weighted by atomic mass is 79.9. The van der Waals surface area contributed by atoms with Crippen LogP contribution in [0.4, 0.5) is 13.2 Å². The fourth-order valence-electron chi connectivity index (χ4n) is 1.88. The first kappa shape index (κ1) is 15.5. The Labute approximate surface area is 131 Å². The molecule has 0 aliphatic carbocycles. The highest BCUT2D eigenvalue weighted by molar-refractivity contribution is 9.10. The molecule has 0 spiro atoms. The number of nitrogens with two attached hydrogens (primary N) is 1. The van der Waals surface area contributed by atoms with Crippen LogP contribution >= 0.6 is 31.9 Å². The van der Waals surface area contributed by atoms with E-state index in [4.69, 9.17) is 5.73 Å². The Morgan fingerprint density at radius 3 is 2.40 bits per heavy atom. The van der Waals surface area contributed by atoms with Crippen LogP contribution in [0.2, 0.25) is 0 Å². The van der Waals surface area contributed by atoms with Gasteiger partial charge in [0, 0.05) is 16.1 Å². The minimum atomic E-state index is -0.708. The number of rotatable bonds is 3. The number of halogens is 5. The second kappa shape index (κ2) is 6.28. The van der Waals surface area contributed by atoms with E-state index in [0.29, 0.717) is 10.0 Å². The minimum absolute atomic E-state index is 0.0625. The topological polar surface area (TPSA) is 26.0 Å². The van der Waals surface area contributed by atoms with E-state index in [2.05, 4.69) is 31.9 Å². The summed E-state index contributed by atoms with van der Waals surface area (Å²) >= 11 is 6.16. The molecule has 6 heteroatoms. The molecule has 0 radical (unpaired) electrons. The van der Waals surface area contributed by atoms with Crippen molar-refractivity contribution in [2.24, 2.45) is 5.73 Å². The van der Waals surface area contributed by atoms with Crippen LogP contribution in [0.1, 0.15) is 17.2 Å². The van der Waals surface area contributed by atoms with Crippen molar-refractivity contribution in [2.45, 2.75) is 12.5 Å². The zero-order chi connectivity index (χ0) is 14.9. The molecule has 0 amide bonds. The van der Waals surface area contributed by atoms with Gasteiger partial charge in [-0.25, -0.2) is 13.2 Å². The average molecular weight is 409 g/mol. The largest absolute Gasteiger partial charge is 0.324 e. The van der Waals surface area contributed by atoms with E-state index in [0.717, 1.165) is 6.07 Å². The van der Waals surface area contributed by atoms with Crippen LogP contribution in [0, 0.1) is 17.5 Å². The quantitative estimate of drug-likeness (QED) is 0.720. The smallest absolute Gasteiger partial charge is 0.143 e. The van der Waals surface area contributed by atoms with E-state index in [-0.39, 0.29) is 16.5 Å². The zero-order valence-electron chi connectivity index (χ0n) is 10.1. The van der Waals surface area contributed by atoms with Crippen molar-refractivity contribution in [1.29, 1.82) is 0 Å². The molecule has 0 saturated heterocycles. The standard InChI is InChI=1S/C14H10Br2F3N/c15-8-3-7(4-9(17)5-8)13(20)6-10-12(18)2-1-11(16)14(10)19/h1-5,13H,6,20H2. The lowest BCUT2D eigenvalue weighted by Crippen LogP contribution is -2.15. The zero-order valence-corrected chi connectivity index (χ0v) is 13.3. The molecule has 20 heavy (non-hydrogen) atoms. The molecule has 2 N–H and O–H groups in total. The summed E-state index contributed by atoms with van der Waals surface area (Å²) in [7, 11) is 0. The van der Waals surface area contributed by atoms with E-state index in [1.807, 2.05) is 0 Å². The van der Waals surface area contributed by atoms with Gasteiger partial charge in [-0.1, -0.05) is 15.9 Å². The summed E-state index contributed by atoms with van der Waals surface area (Å²) < 4.78 is 41.5. The molecule has 1 nitrogen and oxygen atoms in total. The summed E-state index contributed by atoms with van der Waals surface area (Å²) in [6, 6.07) is 5.91. The van der Waals surface area contributed by atoms with Crippen molar-refractivity contribution >= 4 is 31.9 Å². The van der Waals surface area contributed by atoms with Crippen LogP contribution in [0.5, 0.6) is 0 Å². The molecular formula is C14H10Br2F3N. The predicted octanol–water partition coefficient (Wildman–Crippen LogP) is 4.87. The van der Waals surface area contributed by atoms with Gasteiger partial charge in [0.25, 0.3) is 0 Å². The summed E-state index contributed by atoms with van der Waals surface area (Å²) in [5, 5.41) is 0. The summed E-state index contributed by atoms with van der Waals surface area (Å²) in [6.07, 6.45) is -0.0625. The molecule has 2 aromatic carbocycles. The van der Waals surface area contributed by atoms with E-state index in [1.165, 1.54) is 18.2 Å². The summed E-state index contributed by atoms with van der Waals surface area (Å²) in [5.74, 6) is -1.81. The molecular weight excluding hydrogens is 399 g/mol. The molecule has 106 valence electrons. The highest BCUT2D eigenvalue weighted by Gasteiger charge is 2.17. The molecule has 1 unspecified atom stereocenters. The summed E-state index contributed by atoms with van der Waals surface area (Å²) in [4.78, 5) is 0. The number of benzene rings is 2. The van der Waals surface area contributed by atoms with Crippen molar-refractivity contribution in [3.8, 4) is 0 Å². The first-order valence-corrected chi connectivity index (χ1v) is 7.31. The molecule has 0 aromatic heterocycles. The monoisotopic (exact) mass is 407 g/mol. The fraction of sp³-hybridized carbons (Fsp3) is 0.143. The maximum absolute atomic E-state index is 13.9. The lowest BCUT2D eigenvalue weighted by Gasteiger charge is -2.14. The van der Waals surface area contributed by atoms with Crippen LogP contribution in [0.25, 0.3) is 0 Å².